The molecule has 45 heavy (non-hydrogen) atoms. The second-order valence-corrected chi connectivity index (χ2v) is 12.3. The smallest absolute Gasteiger partial charge is 0.404 e. The molecule has 3 aromatic rings. The molecule has 2 aromatic heterocycles. The Hall–Kier alpha value is -4.22. The molecule has 1 aromatic carbocycles. The lowest BCUT2D eigenvalue weighted by atomic mass is 9.89. The van der Waals surface area contributed by atoms with Gasteiger partial charge in [-0.2, -0.15) is 0 Å². The van der Waals surface area contributed by atoms with Gasteiger partial charge in [-0.15, -0.1) is 0 Å². The summed E-state index contributed by atoms with van der Waals surface area (Å²) in [6, 6.07) is 10.2. The van der Waals surface area contributed by atoms with E-state index in [-0.39, 0.29) is 30.1 Å². The van der Waals surface area contributed by atoms with Crippen molar-refractivity contribution in [3.63, 3.8) is 0 Å². The Morgan fingerprint density at radius 3 is 2.44 bits per heavy atom. The van der Waals surface area contributed by atoms with E-state index < -0.39 is 6.09 Å². The molecule has 11 heteroatoms. The number of aromatic amines is 1. The lowest BCUT2D eigenvalue weighted by Gasteiger charge is -2.37. The van der Waals surface area contributed by atoms with Crippen LogP contribution in [0.25, 0.3) is 11.1 Å². The van der Waals surface area contributed by atoms with E-state index in [1.807, 2.05) is 52.2 Å². The second-order valence-electron chi connectivity index (χ2n) is 12.3. The largest absolute Gasteiger partial charge is 0.465 e. The number of pyridine rings is 2. The van der Waals surface area contributed by atoms with Crippen molar-refractivity contribution in [1.82, 2.24) is 25.5 Å². The fourth-order valence-corrected chi connectivity index (χ4v) is 6.49. The highest BCUT2D eigenvalue weighted by Crippen LogP contribution is 2.34. The van der Waals surface area contributed by atoms with Gasteiger partial charge in [-0.05, 0) is 87.4 Å². The summed E-state index contributed by atoms with van der Waals surface area (Å²) < 4.78 is 5.47. The van der Waals surface area contributed by atoms with E-state index >= 15 is 0 Å². The highest BCUT2D eigenvalue weighted by Gasteiger charge is 2.27. The number of hydrogen-bond acceptors (Lipinski definition) is 7. The summed E-state index contributed by atoms with van der Waals surface area (Å²) >= 11 is 0. The molecular weight excluding hydrogens is 572 g/mol. The number of amides is 2. The van der Waals surface area contributed by atoms with Gasteiger partial charge in [-0.25, -0.2) is 4.79 Å². The van der Waals surface area contributed by atoms with Crippen LogP contribution < -0.4 is 21.1 Å². The summed E-state index contributed by atoms with van der Waals surface area (Å²) in [6.07, 6.45) is 4.06. The molecule has 11 nitrogen and oxygen atoms in total. The standard InChI is InChI=1S/C34H44N6O5/c1-21-15-22(2)37-33(42)30(21)19-36-32(41)29-16-25(24-5-6-27(35-18-24)20-40-11-13-45-14-12-40)17-31(23(29)3)39(4)28-9-7-26(8-10-28)38-34(43)44/h5-6,15-18,26,28,38H,7-14,19-20H2,1-4H3,(H,36,41)(H,37,42)(H,43,44)/t26-,28-. The number of benzene rings is 1. The zero-order valence-corrected chi connectivity index (χ0v) is 26.6. The zero-order chi connectivity index (χ0) is 32.1. The maximum atomic E-state index is 13.7. The highest BCUT2D eigenvalue weighted by atomic mass is 16.5. The monoisotopic (exact) mass is 616 g/mol. The number of aromatic nitrogens is 2. The van der Waals surface area contributed by atoms with Gasteiger partial charge in [-0.3, -0.25) is 19.5 Å². The van der Waals surface area contributed by atoms with E-state index in [4.69, 9.17) is 14.8 Å². The lowest BCUT2D eigenvalue weighted by molar-refractivity contribution is 0.0336. The molecule has 3 heterocycles. The van der Waals surface area contributed by atoms with E-state index in [0.717, 1.165) is 97.9 Å². The Balaban J connectivity index is 1.42. The molecule has 0 atom stereocenters. The van der Waals surface area contributed by atoms with Crippen molar-refractivity contribution in [1.29, 1.82) is 0 Å². The maximum Gasteiger partial charge on any atom is 0.404 e. The lowest BCUT2D eigenvalue weighted by Crippen LogP contribution is -2.42. The summed E-state index contributed by atoms with van der Waals surface area (Å²) in [5.74, 6) is -0.255. The number of nitrogens with zero attached hydrogens (tertiary/aromatic N) is 3. The SMILES string of the molecule is Cc1cc(C)c(CNC(=O)c2cc(-c3ccc(CN4CCOCC4)nc3)cc(N(C)[C@H]3CC[C@H](NC(=O)O)CC3)c2C)c(=O)[nH]1. The number of carbonyl (C=O) groups excluding carboxylic acids is 1. The molecule has 2 fully saturated rings. The van der Waals surface area contributed by atoms with Gasteiger partial charge in [0.1, 0.15) is 0 Å². The Morgan fingerprint density at radius 1 is 1.07 bits per heavy atom. The zero-order valence-electron chi connectivity index (χ0n) is 26.6. The third kappa shape index (κ3) is 7.90. The van der Waals surface area contributed by atoms with Crippen molar-refractivity contribution in [3.8, 4) is 11.1 Å². The van der Waals surface area contributed by atoms with Crippen molar-refractivity contribution in [2.75, 3.05) is 38.3 Å². The van der Waals surface area contributed by atoms with Gasteiger partial charge >= 0.3 is 6.09 Å². The Kier molecular flexibility index (Phi) is 10.2. The third-order valence-electron chi connectivity index (χ3n) is 9.14. The van der Waals surface area contributed by atoms with Gasteiger partial charge in [-0.1, -0.05) is 6.07 Å². The second kappa shape index (κ2) is 14.3. The highest BCUT2D eigenvalue weighted by molar-refractivity contribution is 5.99. The maximum absolute atomic E-state index is 13.7. The van der Waals surface area contributed by atoms with E-state index in [2.05, 4.69) is 37.6 Å². The van der Waals surface area contributed by atoms with Crippen molar-refractivity contribution < 1.29 is 19.4 Å². The molecule has 1 aliphatic heterocycles. The predicted molar refractivity (Wildman–Crippen MR) is 174 cm³/mol. The van der Waals surface area contributed by atoms with Crippen LogP contribution in [0.15, 0.2) is 41.3 Å². The molecule has 0 radical (unpaired) electrons. The number of hydrogen-bond donors (Lipinski definition) is 4. The molecule has 4 N–H and O–H groups in total. The first-order valence-corrected chi connectivity index (χ1v) is 15.7. The molecule has 1 aliphatic carbocycles. The molecule has 0 unspecified atom stereocenters. The van der Waals surface area contributed by atoms with E-state index in [0.29, 0.717) is 11.1 Å². The first kappa shape index (κ1) is 32.2. The van der Waals surface area contributed by atoms with Crippen molar-refractivity contribution in [3.05, 3.63) is 80.5 Å². The molecule has 2 amide bonds. The summed E-state index contributed by atoms with van der Waals surface area (Å²) in [5, 5.41) is 14.8. The third-order valence-corrected chi connectivity index (χ3v) is 9.14. The van der Waals surface area contributed by atoms with Gasteiger partial charge in [0, 0.05) is 79.6 Å². The Labute approximate surface area is 264 Å². The summed E-state index contributed by atoms with van der Waals surface area (Å²) in [7, 11) is 2.04. The molecule has 0 bridgehead atoms. The van der Waals surface area contributed by atoms with Gasteiger partial charge in [0.05, 0.1) is 18.9 Å². The number of rotatable bonds is 9. The minimum absolute atomic E-state index is 0.0450. The van der Waals surface area contributed by atoms with Crippen LogP contribution in [-0.2, 0) is 17.8 Å². The van der Waals surface area contributed by atoms with E-state index in [1.165, 1.54) is 0 Å². The number of H-pyrrole nitrogens is 1. The van der Waals surface area contributed by atoms with Gasteiger partial charge < -0.3 is 30.4 Å². The quantitative estimate of drug-likeness (QED) is 0.281. The first-order chi connectivity index (χ1) is 21.6. The van der Waals surface area contributed by atoms with Crippen LogP contribution in [0.2, 0.25) is 0 Å². The molecule has 1 saturated heterocycles. The molecule has 2 aliphatic rings. The van der Waals surface area contributed by atoms with E-state index in [1.54, 1.807) is 0 Å². The topological polar surface area (TPSA) is 140 Å². The summed E-state index contributed by atoms with van der Waals surface area (Å²) in [6.45, 7) is 9.79. The molecule has 0 spiro atoms. The number of aryl methyl sites for hydroxylation is 2. The van der Waals surface area contributed by atoms with Crippen molar-refractivity contribution in [2.45, 2.75) is 71.6 Å². The first-order valence-electron chi connectivity index (χ1n) is 15.7. The number of carbonyl (C=O) groups is 2. The van der Waals surface area contributed by atoms with Gasteiger partial charge in [0.25, 0.3) is 11.5 Å². The van der Waals surface area contributed by atoms with Crippen LogP contribution in [0.3, 0.4) is 0 Å². The Bertz CT molecular complexity index is 1570. The van der Waals surface area contributed by atoms with Crippen molar-refractivity contribution >= 4 is 17.7 Å². The fourth-order valence-electron chi connectivity index (χ4n) is 6.49. The normalized spacial score (nSPS) is 18.8. The molecule has 5 rings (SSSR count). The molecule has 1 saturated carbocycles. The van der Waals surface area contributed by atoms with Gasteiger partial charge in [0.2, 0.25) is 0 Å². The number of anilines is 1. The fraction of sp³-hybridized carbons (Fsp3) is 0.471. The predicted octanol–water partition coefficient (Wildman–Crippen LogP) is 4.14. The summed E-state index contributed by atoms with van der Waals surface area (Å²) in [4.78, 5) is 49.6. The summed E-state index contributed by atoms with van der Waals surface area (Å²) in [5.41, 5.74) is 7.03. The number of morpholine rings is 1. The van der Waals surface area contributed by atoms with Crippen LogP contribution in [-0.4, -0.2) is 77.4 Å². The average molecular weight is 617 g/mol. The molecule has 240 valence electrons. The number of carboxylic acid groups (broad SMARTS) is 1. The minimum atomic E-state index is -0.988. The van der Waals surface area contributed by atoms with Crippen LogP contribution in [0, 0.1) is 20.8 Å². The number of ether oxygens (including phenoxy) is 1. The van der Waals surface area contributed by atoms with Crippen LogP contribution in [0.1, 0.15) is 64.1 Å². The number of nitrogens with one attached hydrogen (secondary N) is 3. The van der Waals surface area contributed by atoms with Crippen molar-refractivity contribution in [2.24, 2.45) is 0 Å². The average Bonchev–Trinajstić information content (AvgIpc) is 3.01. The molecular formula is C34H44N6O5. The van der Waals surface area contributed by atoms with Gasteiger partial charge in [0.15, 0.2) is 0 Å². The Morgan fingerprint density at radius 2 is 1.80 bits per heavy atom. The van der Waals surface area contributed by atoms with Crippen LogP contribution in [0.5, 0.6) is 0 Å². The van der Waals surface area contributed by atoms with Crippen LogP contribution in [0.4, 0.5) is 10.5 Å². The van der Waals surface area contributed by atoms with E-state index in [9.17, 15) is 14.4 Å². The van der Waals surface area contributed by atoms with Crippen LogP contribution >= 0.6 is 0 Å². The minimum Gasteiger partial charge on any atom is -0.465 e.